The van der Waals surface area contributed by atoms with Crippen molar-refractivity contribution in [3.8, 4) is 0 Å². The number of carbonyl (C=O) groups excluding carboxylic acids is 1. The Morgan fingerprint density at radius 1 is 1.39 bits per heavy atom. The van der Waals surface area contributed by atoms with Crippen LogP contribution in [0.3, 0.4) is 0 Å². The van der Waals surface area contributed by atoms with E-state index in [1.165, 1.54) is 13.2 Å². The first kappa shape index (κ1) is 14.7. The summed E-state index contributed by atoms with van der Waals surface area (Å²) in [5, 5.41) is 18.2. The summed E-state index contributed by atoms with van der Waals surface area (Å²) in [6, 6.07) is 4.86. The fourth-order valence-electron chi connectivity index (χ4n) is 1.47. The number of carbonyl (C=O) groups is 2. The average Bonchev–Trinajstić information content (AvgIpc) is 2.34. The Morgan fingerprint density at radius 3 is 2.61 bits per heavy atom. The van der Waals surface area contributed by atoms with E-state index in [-0.39, 0.29) is 18.0 Å². The number of carboxylic acids is 1. The highest BCUT2D eigenvalue weighted by Crippen LogP contribution is 2.22. The van der Waals surface area contributed by atoms with Crippen molar-refractivity contribution in [2.24, 2.45) is 0 Å². The first-order valence-electron chi connectivity index (χ1n) is 5.21. The van der Waals surface area contributed by atoms with Crippen molar-refractivity contribution in [3.63, 3.8) is 0 Å². The minimum atomic E-state index is -1.57. The molecule has 0 amide bonds. The number of ether oxygens (including phenoxy) is 1. The number of rotatable bonds is 5. The predicted molar refractivity (Wildman–Crippen MR) is 67.1 cm³/mol. The number of methoxy groups -OCH3 is 1. The quantitative estimate of drug-likeness (QED) is 0.807. The van der Waals surface area contributed by atoms with Gasteiger partial charge in [0.2, 0.25) is 0 Å². The Hall–Kier alpha value is -1.40. The van der Waals surface area contributed by atoms with Crippen LogP contribution in [0.15, 0.2) is 22.7 Å². The van der Waals surface area contributed by atoms with Crippen molar-refractivity contribution in [2.75, 3.05) is 7.11 Å². The van der Waals surface area contributed by atoms with E-state index in [1.807, 2.05) is 0 Å². The first-order valence-corrected chi connectivity index (χ1v) is 6.00. The number of aryl methyl sites for hydroxylation is 1. The predicted octanol–water partition coefficient (Wildman–Crippen LogP) is 1.67. The molecule has 98 valence electrons. The minimum absolute atomic E-state index is 0.204. The molecule has 1 atom stereocenters. The number of carboxylic acid groups (broad SMARTS) is 1. The molecule has 5 nitrogen and oxygen atoms in total. The van der Waals surface area contributed by atoms with Gasteiger partial charge in [-0.1, -0.05) is 22.0 Å². The Balaban J connectivity index is 2.87. The molecule has 2 N–H and O–H groups in total. The number of hydrogen-bond acceptors (Lipinski definition) is 4. The lowest BCUT2D eigenvalue weighted by Crippen LogP contribution is -2.11. The highest BCUT2D eigenvalue weighted by atomic mass is 79.9. The molecular weight excluding hydrogens is 304 g/mol. The zero-order valence-corrected chi connectivity index (χ0v) is 11.3. The van der Waals surface area contributed by atoms with Gasteiger partial charge in [0.1, 0.15) is 0 Å². The Bertz CT molecular complexity index is 458. The van der Waals surface area contributed by atoms with Crippen LogP contribution in [-0.2, 0) is 20.7 Å². The monoisotopic (exact) mass is 316 g/mol. The Kier molecular flexibility index (Phi) is 5.30. The second-order valence-electron chi connectivity index (χ2n) is 3.71. The van der Waals surface area contributed by atoms with Gasteiger partial charge in [-0.25, -0.2) is 4.79 Å². The topological polar surface area (TPSA) is 83.8 Å². The van der Waals surface area contributed by atoms with E-state index in [2.05, 4.69) is 20.7 Å². The second kappa shape index (κ2) is 6.51. The van der Waals surface area contributed by atoms with Crippen LogP contribution < -0.4 is 0 Å². The zero-order valence-electron chi connectivity index (χ0n) is 9.72. The van der Waals surface area contributed by atoms with Gasteiger partial charge in [-0.2, -0.15) is 0 Å². The fourth-order valence-corrected chi connectivity index (χ4v) is 2.03. The molecule has 0 radical (unpaired) electrons. The summed E-state index contributed by atoms with van der Waals surface area (Å²) in [7, 11) is 1.31. The molecule has 0 aliphatic carbocycles. The van der Waals surface area contributed by atoms with Gasteiger partial charge in [-0.05, 0) is 29.7 Å². The molecule has 0 aliphatic rings. The van der Waals surface area contributed by atoms with Crippen LogP contribution in [-0.4, -0.2) is 29.3 Å². The van der Waals surface area contributed by atoms with E-state index < -0.39 is 12.1 Å². The Labute approximate surface area is 113 Å². The van der Waals surface area contributed by atoms with Crippen LogP contribution in [0.25, 0.3) is 0 Å². The molecule has 0 aliphatic heterocycles. The van der Waals surface area contributed by atoms with Crippen LogP contribution in [0, 0.1) is 0 Å². The van der Waals surface area contributed by atoms with E-state index in [9.17, 15) is 14.7 Å². The fraction of sp³-hybridized carbons (Fsp3) is 0.333. The molecule has 1 aromatic rings. The molecule has 0 bridgehead atoms. The first-order chi connectivity index (χ1) is 8.43. The van der Waals surface area contributed by atoms with Crippen LogP contribution >= 0.6 is 15.9 Å². The lowest BCUT2D eigenvalue weighted by atomic mass is 10.0. The second-order valence-corrected chi connectivity index (χ2v) is 4.63. The van der Waals surface area contributed by atoms with Gasteiger partial charge < -0.3 is 14.9 Å². The number of aliphatic carboxylic acids is 1. The van der Waals surface area contributed by atoms with Crippen molar-refractivity contribution < 1.29 is 24.5 Å². The smallest absolute Gasteiger partial charge is 0.337 e. The molecule has 6 heteroatoms. The SMILES string of the molecule is COC(=O)CCc1cc(Br)cc(C(O)C(=O)O)c1. The highest BCUT2D eigenvalue weighted by Gasteiger charge is 2.17. The number of aliphatic hydroxyl groups excluding tert-OH is 1. The third kappa shape index (κ3) is 4.12. The van der Waals surface area contributed by atoms with Gasteiger partial charge in [0.25, 0.3) is 0 Å². The maximum absolute atomic E-state index is 11.0. The number of aliphatic hydroxyl groups is 1. The summed E-state index contributed by atoms with van der Waals surface area (Å²) in [5.41, 5.74) is 1.03. The summed E-state index contributed by atoms with van der Waals surface area (Å²) in [6.45, 7) is 0. The van der Waals surface area contributed by atoms with Gasteiger partial charge in [0.05, 0.1) is 7.11 Å². The third-order valence-electron chi connectivity index (χ3n) is 2.38. The standard InChI is InChI=1S/C12H13BrO5/c1-18-10(14)3-2-7-4-8(6-9(13)5-7)11(15)12(16)17/h4-6,11,15H,2-3H2,1H3,(H,16,17). The van der Waals surface area contributed by atoms with Crippen LogP contribution in [0.1, 0.15) is 23.7 Å². The molecule has 1 unspecified atom stereocenters. The zero-order chi connectivity index (χ0) is 13.7. The Morgan fingerprint density at radius 2 is 2.06 bits per heavy atom. The van der Waals surface area contributed by atoms with Crippen molar-refractivity contribution in [1.82, 2.24) is 0 Å². The van der Waals surface area contributed by atoms with E-state index in [0.717, 1.165) is 5.56 Å². The van der Waals surface area contributed by atoms with E-state index in [4.69, 9.17) is 5.11 Å². The number of benzene rings is 1. The van der Waals surface area contributed by atoms with E-state index in [0.29, 0.717) is 10.9 Å². The molecule has 0 fully saturated rings. The van der Waals surface area contributed by atoms with Crippen molar-refractivity contribution in [3.05, 3.63) is 33.8 Å². The normalized spacial score (nSPS) is 11.9. The minimum Gasteiger partial charge on any atom is -0.479 e. The molecule has 18 heavy (non-hydrogen) atoms. The van der Waals surface area contributed by atoms with Gasteiger partial charge in [-0.3, -0.25) is 4.79 Å². The molecular formula is C12H13BrO5. The third-order valence-corrected chi connectivity index (χ3v) is 2.83. The molecule has 0 aromatic heterocycles. The van der Waals surface area contributed by atoms with Crippen molar-refractivity contribution >= 4 is 27.9 Å². The summed E-state index contributed by atoms with van der Waals surface area (Å²) in [4.78, 5) is 21.7. The van der Waals surface area contributed by atoms with Crippen molar-refractivity contribution in [1.29, 1.82) is 0 Å². The summed E-state index contributed by atoms with van der Waals surface area (Å²) >= 11 is 3.23. The molecule has 0 heterocycles. The van der Waals surface area contributed by atoms with Gasteiger partial charge in [0, 0.05) is 10.9 Å². The van der Waals surface area contributed by atoms with Gasteiger partial charge >= 0.3 is 11.9 Å². The number of hydrogen-bond donors (Lipinski definition) is 2. The van der Waals surface area contributed by atoms with E-state index >= 15 is 0 Å². The summed E-state index contributed by atoms with van der Waals surface area (Å²) < 4.78 is 5.18. The summed E-state index contributed by atoms with van der Waals surface area (Å²) in [6.07, 6.45) is -0.944. The molecule has 0 saturated carbocycles. The van der Waals surface area contributed by atoms with Crippen molar-refractivity contribution in [2.45, 2.75) is 18.9 Å². The number of halogens is 1. The molecule has 1 rings (SSSR count). The van der Waals surface area contributed by atoms with Crippen LogP contribution in [0.4, 0.5) is 0 Å². The van der Waals surface area contributed by atoms with Gasteiger partial charge in [-0.15, -0.1) is 0 Å². The largest absolute Gasteiger partial charge is 0.479 e. The number of esters is 1. The lowest BCUT2D eigenvalue weighted by molar-refractivity contribution is -0.147. The maximum Gasteiger partial charge on any atom is 0.337 e. The summed E-state index contributed by atoms with van der Waals surface area (Å²) in [5.74, 6) is -1.65. The lowest BCUT2D eigenvalue weighted by Gasteiger charge is -2.09. The van der Waals surface area contributed by atoms with Gasteiger partial charge in [0.15, 0.2) is 6.10 Å². The highest BCUT2D eigenvalue weighted by molar-refractivity contribution is 9.10. The maximum atomic E-state index is 11.0. The molecule has 0 saturated heterocycles. The van der Waals surface area contributed by atoms with Crippen LogP contribution in [0.5, 0.6) is 0 Å². The van der Waals surface area contributed by atoms with E-state index in [1.54, 1.807) is 12.1 Å². The van der Waals surface area contributed by atoms with Crippen LogP contribution in [0.2, 0.25) is 0 Å². The average molecular weight is 317 g/mol. The molecule has 1 aromatic carbocycles. The molecule has 0 spiro atoms.